The fraction of sp³-hybridized carbons (Fsp3) is 0.625. The van der Waals surface area contributed by atoms with Gasteiger partial charge in [0.15, 0.2) is 0 Å². The van der Waals surface area contributed by atoms with Crippen LogP contribution in [0.25, 0.3) is 0 Å². The van der Waals surface area contributed by atoms with E-state index in [2.05, 4.69) is 24.2 Å². The number of hydrogen-bond donors (Lipinski definition) is 2. The Bertz CT molecular complexity index is 469. The number of nitrogens with zero attached hydrogens (tertiary/aromatic N) is 1. The summed E-state index contributed by atoms with van der Waals surface area (Å²) >= 11 is 0. The summed E-state index contributed by atoms with van der Waals surface area (Å²) in [7, 11) is 0. The average molecular weight is 295 g/mol. The molecule has 2 rings (SSSR count). The van der Waals surface area contributed by atoms with Crippen molar-refractivity contribution in [3.8, 4) is 0 Å². The van der Waals surface area contributed by atoms with Gasteiger partial charge in [0.05, 0.1) is 18.8 Å². The molecule has 2 unspecified atom stereocenters. The van der Waals surface area contributed by atoms with Crippen molar-refractivity contribution < 1.29 is 9.13 Å². The van der Waals surface area contributed by atoms with Gasteiger partial charge in [-0.1, -0.05) is 6.07 Å². The van der Waals surface area contributed by atoms with Crippen molar-refractivity contribution in [3.63, 3.8) is 0 Å². The van der Waals surface area contributed by atoms with Gasteiger partial charge in [-0.15, -0.1) is 0 Å². The molecule has 5 heteroatoms. The second-order valence-corrected chi connectivity index (χ2v) is 6.12. The van der Waals surface area contributed by atoms with Crippen LogP contribution in [0.15, 0.2) is 12.1 Å². The molecule has 21 heavy (non-hydrogen) atoms. The minimum Gasteiger partial charge on any atom is -0.374 e. The van der Waals surface area contributed by atoms with Gasteiger partial charge in [-0.3, -0.25) is 16.2 Å². The number of nitrogens with two attached hydrogens (primary N) is 1. The van der Waals surface area contributed by atoms with Crippen molar-refractivity contribution in [2.24, 2.45) is 5.84 Å². The van der Waals surface area contributed by atoms with Gasteiger partial charge in [0, 0.05) is 24.7 Å². The van der Waals surface area contributed by atoms with Crippen molar-refractivity contribution in [2.45, 2.75) is 45.9 Å². The van der Waals surface area contributed by atoms with Gasteiger partial charge < -0.3 is 4.74 Å². The smallest absolute Gasteiger partial charge is 0.128 e. The molecular formula is C16H26FN3O. The molecule has 1 aliphatic rings. The Labute approximate surface area is 126 Å². The van der Waals surface area contributed by atoms with Crippen molar-refractivity contribution in [1.82, 2.24) is 10.3 Å². The largest absolute Gasteiger partial charge is 0.374 e. The molecule has 0 saturated carbocycles. The number of hydrogen-bond acceptors (Lipinski definition) is 4. The highest BCUT2D eigenvalue weighted by atomic mass is 19.1. The molecule has 4 nitrogen and oxygen atoms in total. The predicted octanol–water partition coefficient (Wildman–Crippen LogP) is 2.06. The molecule has 0 aromatic heterocycles. The number of rotatable bonds is 4. The molecule has 0 spiro atoms. The monoisotopic (exact) mass is 295 g/mol. The molecule has 0 aliphatic carbocycles. The fourth-order valence-electron chi connectivity index (χ4n) is 3.06. The van der Waals surface area contributed by atoms with E-state index in [1.165, 1.54) is 0 Å². The van der Waals surface area contributed by atoms with E-state index in [-0.39, 0.29) is 18.0 Å². The first-order valence-corrected chi connectivity index (χ1v) is 7.52. The number of aryl methyl sites for hydroxylation is 2. The lowest BCUT2D eigenvalue weighted by Gasteiger charge is -2.39. The van der Waals surface area contributed by atoms with Gasteiger partial charge >= 0.3 is 0 Å². The zero-order chi connectivity index (χ0) is 15.6. The Morgan fingerprint density at radius 1 is 1.38 bits per heavy atom. The highest BCUT2D eigenvalue weighted by molar-refractivity contribution is 5.35. The molecule has 3 N–H and O–H groups in total. The molecule has 118 valence electrons. The van der Waals surface area contributed by atoms with E-state index >= 15 is 0 Å². The Morgan fingerprint density at radius 3 is 2.67 bits per heavy atom. The molecule has 1 aromatic carbocycles. The maximum Gasteiger partial charge on any atom is 0.128 e. The van der Waals surface area contributed by atoms with Crippen LogP contribution in [0, 0.1) is 19.7 Å². The Hall–Kier alpha value is -1.01. The van der Waals surface area contributed by atoms with Crippen molar-refractivity contribution in [3.05, 3.63) is 34.6 Å². The molecule has 0 radical (unpaired) electrons. The molecule has 1 saturated heterocycles. The standard InChI is InChI=1S/C16H26FN3O/c1-10(2)20-5-6-21-14(9-20)16(19-18)15-12(4)7-11(3)8-13(15)17/h7-8,10,14,16,19H,5-6,9,18H2,1-4H3. The minimum atomic E-state index is -0.341. The zero-order valence-corrected chi connectivity index (χ0v) is 13.3. The second-order valence-electron chi connectivity index (χ2n) is 6.12. The van der Waals surface area contributed by atoms with E-state index in [1.54, 1.807) is 6.07 Å². The second kappa shape index (κ2) is 6.83. The normalized spacial score (nSPS) is 21.8. The third-order valence-electron chi connectivity index (χ3n) is 4.20. The number of morpholine rings is 1. The van der Waals surface area contributed by atoms with Crippen molar-refractivity contribution >= 4 is 0 Å². The van der Waals surface area contributed by atoms with Crippen LogP contribution in [0.5, 0.6) is 0 Å². The molecule has 1 aliphatic heterocycles. The van der Waals surface area contributed by atoms with Gasteiger partial charge in [-0.25, -0.2) is 4.39 Å². The summed E-state index contributed by atoms with van der Waals surface area (Å²) in [4.78, 5) is 2.33. The van der Waals surface area contributed by atoms with E-state index < -0.39 is 0 Å². The number of hydrazine groups is 1. The third-order valence-corrected chi connectivity index (χ3v) is 4.20. The van der Waals surface area contributed by atoms with E-state index in [4.69, 9.17) is 10.6 Å². The topological polar surface area (TPSA) is 50.5 Å². The first kappa shape index (κ1) is 16.4. The number of ether oxygens (including phenoxy) is 1. The molecular weight excluding hydrogens is 269 g/mol. The molecule has 2 atom stereocenters. The van der Waals surface area contributed by atoms with Crippen LogP contribution >= 0.6 is 0 Å². The van der Waals surface area contributed by atoms with E-state index in [1.807, 2.05) is 19.9 Å². The van der Waals surface area contributed by atoms with Gasteiger partial charge in [0.25, 0.3) is 0 Å². The summed E-state index contributed by atoms with van der Waals surface area (Å²) in [5.41, 5.74) is 5.19. The Kier molecular flexibility index (Phi) is 5.32. The van der Waals surface area contributed by atoms with Gasteiger partial charge in [-0.05, 0) is 44.9 Å². The lowest BCUT2D eigenvalue weighted by Crippen LogP contribution is -2.51. The minimum absolute atomic E-state index is 0.151. The Balaban J connectivity index is 2.27. The van der Waals surface area contributed by atoms with Crippen LogP contribution in [-0.4, -0.2) is 36.7 Å². The van der Waals surface area contributed by atoms with Crippen LogP contribution in [0.3, 0.4) is 0 Å². The summed E-state index contributed by atoms with van der Waals surface area (Å²) in [6.45, 7) is 10.4. The summed E-state index contributed by atoms with van der Waals surface area (Å²) in [5, 5.41) is 0. The fourth-order valence-corrected chi connectivity index (χ4v) is 3.06. The molecule has 1 aromatic rings. The van der Waals surface area contributed by atoms with E-state index in [0.717, 1.165) is 24.2 Å². The van der Waals surface area contributed by atoms with Crippen molar-refractivity contribution in [2.75, 3.05) is 19.7 Å². The summed E-state index contributed by atoms with van der Waals surface area (Å²) in [6.07, 6.45) is -0.151. The maximum atomic E-state index is 14.4. The lowest BCUT2D eigenvalue weighted by molar-refractivity contribution is -0.0567. The van der Waals surface area contributed by atoms with Crippen LogP contribution in [0.1, 0.15) is 36.6 Å². The first-order valence-electron chi connectivity index (χ1n) is 7.52. The van der Waals surface area contributed by atoms with Gasteiger partial charge in [0.2, 0.25) is 0 Å². The summed E-state index contributed by atoms with van der Waals surface area (Å²) in [6, 6.07) is 3.63. The number of halogens is 1. The SMILES string of the molecule is Cc1cc(C)c(C(NN)C2CN(C(C)C)CCO2)c(F)c1. The highest BCUT2D eigenvalue weighted by Crippen LogP contribution is 2.28. The highest BCUT2D eigenvalue weighted by Gasteiger charge is 2.32. The van der Waals surface area contributed by atoms with Crippen LogP contribution < -0.4 is 11.3 Å². The molecule has 1 heterocycles. The quantitative estimate of drug-likeness (QED) is 0.659. The maximum absolute atomic E-state index is 14.4. The third kappa shape index (κ3) is 3.61. The van der Waals surface area contributed by atoms with Crippen LogP contribution in [0.4, 0.5) is 4.39 Å². The summed E-state index contributed by atoms with van der Waals surface area (Å²) in [5.74, 6) is 5.50. The van der Waals surface area contributed by atoms with Crippen LogP contribution in [-0.2, 0) is 4.74 Å². The van der Waals surface area contributed by atoms with E-state index in [9.17, 15) is 4.39 Å². The van der Waals surface area contributed by atoms with Crippen LogP contribution in [0.2, 0.25) is 0 Å². The molecule has 0 bridgehead atoms. The number of nitrogens with one attached hydrogen (secondary N) is 1. The van der Waals surface area contributed by atoms with Gasteiger partial charge in [-0.2, -0.15) is 0 Å². The predicted molar refractivity (Wildman–Crippen MR) is 82.4 cm³/mol. The van der Waals surface area contributed by atoms with E-state index in [0.29, 0.717) is 18.2 Å². The number of benzene rings is 1. The first-order chi connectivity index (χ1) is 9.93. The van der Waals surface area contributed by atoms with Crippen molar-refractivity contribution in [1.29, 1.82) is 0 Å². The Morgan fingerprint density at radius 2 is 2.10 bits per heavy atom. The van der Waals surface area contributed by atoms with Gasteiger partial charge in [0.1, 0.15) is 5.82 Å². The molecule has 1 fully saturated rings. The molecule has 0 amide bonds. The zero-order valence-electron chi connectivity index (χ0n) is 13.3. The lowest BCUT2D eigenvalue weighted by atomic mass is 9.94. The average Bonchev–Trinajstić information content (AvgIpc) is 2.42. The summed E-state index contributed by atoms with van der Waals surface area (Å²) < 4.78 is 20.2.